The van der Waals surface area contributed by atoms with Crippen LogP contribution in [0.3, 0.4) is 0 Å². The standard InChI is InChI=1S/C10H11BrN4O/c1-7-10(11)9(14(2)13-7)4-15-3-8(5-16)12-6-15/h3,5-6H,4H2,1-2H3. The van der Waals surface area contributed by atoms with Gasteiger partial charge in [0.05, 0.1) is 28.7 Å². The number of carbonyl (C=O) groups excluding carboxylic acids is 1. The minimum Gasteiger partial charge on any atom is -0.331 e. The Labute approximate surface area is 101 Å². The Balaban J connectivity index is 2.29. The molecule has 84 valence electrons. The quantitative estimate of drug-likeness (QED) is 0.803. The summed E-state index contributed by atoms with van der Waals surface area (Å²) in [5.74, 6) is 0. The number of aromatic nitrogens is 4. The van der Waals surface area contributed by atoms with Gasteiger partial charge in [-0.2, -0.15) is 5.10 Å². The van der Waals surface area contributed by atoms with E-state index in [1.165, 1.54) is 0 Å². The van der Waals surface area contributed by atoms with Crippen molar-refractivity contribution < 1.29 is 4.79 Å². The molecule has 0 radical (unpaired) electrons. The molecule has 0 unspecified atom stereocenters. The topological polar surface area (TPSA) is 52.7 Å². The van der Waals surface area contributed by atoms with Crippen LogP contribution in [0.15, 0.2) is 17.0 Å². The Morgan fingerprint density at radius 2 is 2.31 bits per heavy atom. The lowest BCUT2D eigenvalue weighted by Gasteiger charge is -2.03. The highest BCUT2D eigenvalue weighted by Crippen LogP contribution is 2.20. The van der Waals surface area contributed by atoms with Gasteiger partial charge in [-0.05, 0) is 22.9 Å². The van der Waals surface area contributed by atoms with E-state index in [1.807, 2.05) is 23.2 Å². The van der Waals surface area contributed by atoms with Crippen molar-refractivity contribution in [3.8, 4) is 0 Å². The van der Waals surface area contributed by atoms with Crippen LogP contribution in [-0.2, 0) is 13.6 Å². The summed E-state index contributed by atoms with van der Waals surface area (Å²) in [6, 6.07) is 0. The van der Waals surface area contributed by atoms with E-state index in [1.54, 1.807) is 12.5 Å². The van der Waals surface area contributed by atoms with Gasteiger partial charge < -0.3 is 4.57 Å². The van der Waals surface area contributed by atoms with E-state index in [4.69, 9.17) is 0 Å². The number of nitrogens with zero attached hydrogens (tertiary/aromatic N) is 4. The monoisotopic (exact) mass is 282 g/mol. The highest BCUT2D eigenvalue weighted by atomic mass is 79.9. The third-order valence-corrected chi connectivity index (χ3v) is 3.40. The Kier molecular flexibility index (Phi) is 2.91. The van der Waals surface area contributed by atoms with Crippen molar-refractivity contribution in [3.05, 3.63) is 34.1 Å². The van der Waals surface area contributed by atoms with Crippen molar-refractivity contribution in [2.24, 2.45) is 7.05 Å². The Hall–Kier alpha value is -1.43. The molecule has 2 aromatic rings. The van der Waals surface area contributed by atoms with Crippen LogP contribution in [0.5, 0.6) is 0 Å². The van der Waals surface area contributed by atoms with Gasteiger partial charge in [-0.25, -0.2) is 4.98 Å². The molecule has 0 bridgehead atoms. The van der Waals surface area contributed by atoms with Gasteiger partial charge in [-0.3, -0.25) is 9.48 Å². The van der Waals surface area contributed by atoms with E-state index in [-0.39, 0.29) is 0 Å². The fourth-order valence-electron chi connectivity index (χ4n) is 1.55. The molecule has 0 aliphatic heterocycles. The Bertz CT molecular complexity index is 529. The second-order valence-corrected chi connectivity index (χ2v) is 4.35. The Morgan fingerprint density at radius 1 is 1.56 bits per heavy atom. The van der Waals surface area contributed by atoms with Gasteiger partial charge in [0.25, 0.3) is 0 Å². The number of hydrogen-bond donors (Lipinski definition) is 0. The van der Waals surface area contributed by atoms with Gasteiger partial charge in [0.1, 0.15) is 5.69 Å². The first-order valence-corrected chi connectivity index (χ1v) is 5.56. The number of hydrogen-bond acceptors (Lipinski definition) is 3. The second-order valence-electron chi connectivity index (χ2n) is 3.56. The molecule has 0 fully saturated rings. The van der Waals surface area contributed by atoms with Gasteiger partial charge in [0.15, 0.2) is 6.29 Å². The second kappa shape index (κ2) is 4.21. The first-order valence-electron chi connectivity index (χ1n) is 4.76. The predicted octanol–water partition coefficient (Wildman–Crippen LogP) is 1.55. The molecule has 0 amide bonds. The zero-order valence-electron chi connectivity index (χ0n) is 9.01. The molecule has 0 aromatic carbocycles. The molecule has 5 nitrogen and oxygen atoms in total. The fourth-order valence-corrected chi connectivity index (χ4v) is 2.01. The van der Waals surface area contributed by atoms with E-state index in [9.17, 15) is 4.79 Å². The van der Waals surface area contributed by atoms with Gasteiger partial charge >= 0.3 is 0 Å². The average Bonchev–Trinajstić information content (AvgIpc) is 2.80. The average molecular weight is 283 g/mol. The first kappa shape index (κ1) is 11.1. The molecule has 2 aromatic heterocycles. The summed E-state index contributed by atoms with van der Waals surface area (Å²) >= 11 is 3.50. The summed E-state index contributed by atoms with van der Waals surface area (Å²) in [4.78, 5) is 14.5. The first-order chi connectivity index (χ1) is 7.61. The summed E-state index contributed by atoms with van der Waals surface area (Å²) in [6.07, 6.45) is 4.08. The van der Waals surface area contributed by atoms with Crippen LogP contribution < -0.4 is 0 Å². The van der Waals surface area contributed by atoms with Crippen molar-refractivity contribution in [2.75, 3.05) is 0 Å². The molecule has 16 heavy (non-hydrogen) atoms. The maximum atomic E-state index is 10.5. The predicted molar refractivity (Wildman–Crippen MR) is 62.4 cm³/mol. The minimum atomic E-state index is 0.440. The zero-order valence-corrected chi connectivity index (χ0v) is 10.6. The number of carbonyl (C=O) groups is 1. The van der Waals surface area contributed by atoms with Crippen LogP contribution in [0, 0.1) is 6.92 Å². The number of aldehydes is 1. The summed E-state index contributed by atoms with van der Waals surface area (Å²) < 4.78 is 4.67. The summed E-state index contributed by atoms with van der Waals surface area (Å²) in [7, 11) is 1.89. The number of halogens is 1. The normalized spacial score (nSPS) is 10.7. The summed E-state index contributed by atoms with van der Waals surface area (Å²) in [5, 5.41) is 4.30. The van der Waals surface area contributed by atoms with Gasteiger partial charge in [-0.15, -0.1) is 0 Å². The van der Waals surface area contributed by atoms with Gasteiger partial charge in [0.2, 0.25) is 0 Å². The number of rotatable bonds is 3. The third-order valence-electron chi connectivity index (χ3n) is 2.37. The number of imidazole rings is 1. The van der Waals surface area contributed by atoms with Crippen LogP contribution in [-0.4, -0.2) is 25.6 Å². The molecule has 0 aliphatic carbocycles. The molecule has 0 saturated carbocycles. The van der Waals surface area contributed by atoms with Crippen molar-refractivity contribution in [1.82, 2.24) is 19.3 Å². The van der Waals surface area contributed by atoms with E-state index in [0.717, 1.165) is 22.1 Å². The largest absolute Gasteiger partial charge is 0.331 e. The van der Waals surface area contributed by atoms with Gasteiger partial charge in [-0.1, -0.05) is 0 Å². The van der Waals surface area contributed by atoms with Crippen LogP contribution >= 0.6 is 15.9 Å². The van der Waals surface area contributed by atoms with Crippen LogP contribution in [0.25, 0.3) is 0 Å². The lowest BCUT2D eigenvalue weighted by atomic mass is 10.3. The highest BCUT2D eigenvalue weighted by Gasteiger charge is 2.11. The maximum absolute atomic E-state index is 10.5. The van der Waals surface area contributed by atoms with Crippen molar-refractivity contribution in [2.45, 2.75) is 13.5 Å². The lowest BCUT2D eigenvalue weighted by molar-refractivity contribution is 0.111. The van der Waals surface area contributed by atoms with E-state index in [2.05, 4.69) is 26.0 Å². The molecule has 0 N–H and O–H groups in total. The summed E-state index contributed by atoms with van der Waals surface area (Å²) in [6.45, 7) is 2.58. The molecule has 0 spiro atoms. The van der Waals surface area contributed by atoms with Gasteiger partial charge in [0, 0.05) is 13.2 Å². The van der Waals surface area contributed by atoms with E-state index in [0.29, 0.717) is 12.2 Å². The molecule has 2 heterocycles. The fraction of sp³-hybridized carbons (Fsp3) is 0.300. The number of aryl methyl sites for hydroxylation is 2. The highest BCUT2D eigenvalue weighted by molar-refractivity contribution is 9.10. The molecular formula is C10H11BrN4O. The van der Waals surface area contributed by atoms with Crippen LogP contribution in [0.1, 0.15) is 21.9 Å². The van der Waals surface area contributed by atoms with Crippen LogP contribution in [0.4, 0.5) is 0 Å². The molecule has 0 saturated heterocycles. The minimum absolute atomic E-state index is 0.440. The van der Waals surface area contributed by atoms with Crippen LogP contribution in [0.2, 0.25) is 0 Å². The van der Waals surface area contributed by atoms with E-state index < -0.39 is 0 Å². The summed E-state index contributed by atoms with van der Waals surface area (Å²) in [5.41, 5.74) is 2.44. The zero-order chi connectivity index (χ0) is 11.7. The van der Waals surface area contributed by atoms with E-state index >= 15 is 0 Å². The molecular weight excluding hydrogens is 272 g/mol. The lowest BCUT2D eigenvalue weighted by Crippen LogP contribution is -2.04. The van der Waals surface area contributed by atoms with Crippen molar-refractivity contribution in [1.29, 1.82) is 0 Å². The van der Waals surface area contributed by atoms with Crippen molar-refractivity contribution in [3.63, 3.8) is 0 Å². The third kappa shape index (κ3) is 1.92. The maximum Gasteiger partial charge on any atom is 0.169 e. The molecule has 0 atom stereocenters. The molecule has 2 rings (SSSR count). The molecule has 0 aliphatic rings. The molecule has 6 heteroatoms. The van der Waals surface area contributed by atoms with Crippen molar-refractivity contribution >= 4 is 22.2 Å². The smallest absolute Gasteiger partial charge is 0.169 e. The SMILES string of the molecule is Cc1nn(C)c(Cn2cnc(C=O)c2)c1Br. The Morgan fingerprint density at radius 3 is 2.81 bits per heavy atom.